The lowest BCUT2D eigenvalue weighted by atomic mass is 10.1. The Labute approximate surface area is 184 Å². The molecule has 0 fully saturated rings. The summed E-state index contributed by atoms with van der Waals surface area (Å²) in [4.78, 5) is 55.3. The Bertz CT molecular complexity index is 1280. The molecule has 0 radical (unpaired) electrons. The molecule has 166 valence electrons. The molecule has 1 heterocycles. The second kappa shape index (κ2) is 9.06. The van der Waals surface area contributed by atoms with Crippen molar-refractivity contribution in [3.05, 3.63) is 35.4 Å². The lowest BCUT2D eigenvalue weighted by Crippen LogP contribution is -2.41. The maximum Gasteiger partial charge on any atom is 0.343 e. The Kier molecular flexibility index (Phi) is 6.44. The van der Waals surface area contributed by atoms with Crippen molar-refractivity contribution in [1.82, 2.24) is 15.3 Å². The minimum absolute atomic E-state index is 0.00890. The molecule has 32 heavy (non-hydrogen) atoms. The van der Waals surface area contributed by atoms with E-state index in [2.05, 4.69) is 15.3 Å². The molecule has 3 aromatic rings. The number of nitrogens with one attached hydrogen (secondary N) is 1. The summed E-state index contributed by atoms with van der Waals surface area (Å²) >= 11 is 0.861. The lowest BCUT2D eigenvalue weighted by molar-refractivity contribution is -0.140. The van der Waals surface area contributed by atoms with E-state index >= 15 is 0 Å². The number of carbonyl (C=O) groups excluding carboxylic acids is 2. The third kappa shape index (κ3) is 4.39. The number of aromatic carboxylic acids is 1. The van der Waals surface area contributed by atoms with Crippen molar-refractivity contribution in [1.29, 1.82) is 0 Å². The predicted molar refractivity (Wildman–Crippen MR) is 113 cm³/mol. The van der Waals surface area contributed by atoms with Gasteiger partial charge in [-0.25, -0.2) is 24.4 Å². The largest absolute Gasteiger partial charge is 0.506 e. The second-order valence-corrected chi connectivity index (χ2v) is 7.62. The zero-order chi connectivity index (χ0) is 23.6. The molecule has 1 atom stereocenters. The zero-order valence-electron chi connectivity index (χ0n) is 16.8. The molecule has 0 bridgehead atoms. The number of carbonyl (C=O) groups is 4. The topological polar surface area (TPSA) is 176 Å². The first-order valence-electron chi connectivity index (χ1n) is 9.04. The standard InChI is InChI=1S/C20H17N3O8S/c1-8(24)21-12(19(28)29)7-32-13-6-11-16(14(17(13)25)20(30)31-2)22-10-5-3-4-9(18(26)27)15(10)23-11/h3-6,12,25H,7H2,1-2H3,(H,21,24)(H,26,27)(H,28,29)/t12-/m0/s1. The highest BCUT2D eigenvalue weighted by atomic mass is 32.2. The van der Waals surface area contributed by atoms with E-state index in [1.807, 2.05) is 0 Å². The average Bonchev–Trinajstić information content (AvgIpc) is 2.74. The first kappa shape index (κ1) is 22.7. The van der Waals surface area contributed by atoms with Gasteiger partial charge in [0.05, 0.1) is 28.6 Å². The van der Waals surface area contributed by atoms with Crippen LogP contribution in [0.5, 0.6) is 5.75 Å². The molecular weight excluding hydrogens is 442 g/mol. The molecule has 2 aromatic carbocycles. The fourth-order valence-corrected chi connectivity index (χ4v) is 3.98. The third-order valence-electron chi connectivity index (χ3n) is 4.40. The van der Waals surface area contributed by atoms with Gasteiger partial charge in [-0.1, -0.05) is 6.07 Å². The van der Waals surface area contributed by atoms with Crippen molar-refractivity contribution < 1.29 is 39.2 Å². The van der Waals surface area contributed by atoms with Crippen molar-refractivity contribution in [2.24, 2.45) is 0 Å². The predicted octanol–water partition coefficient (Wildman–Crippen LogP) is 1.65. The van der Waals surface area contributed by atoms with Crippen LogP contribution in [-0.2, 0) is 14.3 Å². The molecule has 0 aliphatic carbocycles. The summed E-state index contributed by atoms with van der Waals surface area (Å²) in [5, 5.41) is 31.7. The highest BCUT2D eigenvalue weighted by Gasteiger charge is 2.25. The first-order valence-corrected chi connectivity index (χ1v) is 10.0. The maximum absolute atomic E-state index is 12.4. The summed E-state index contributed by atoms with van der Waals surface area (Å²) in [6, 6.07) is 4.45. The number of nitrogens with zero attached hydrogens (tertiary/aromatic N) is 2. The normalized spacial score (nSPS) is 11.8. The molecule has 0 unspecified atom stereocenters. The third-order valence-corrected chi connectivity index (χ3v) is 5.52. The van der Waals surface area contributed by atoms with Crippen molar-refractivity contribution >= 4 is 57.6 Å². The number of esters is 1. The van der Waals surface area contributed by atoms with E-state index in [4.69, 9.17) is 4.74 Å². The monoisotopic (exact) mass is 459 g/mol. The number of hydrogen-bond donors (Lipinski definition) is 4. The van der Waals surface area contributed by atoms with E-state index in [1.165, 1.54) is 31.2 Å². The van der Waals surface area contributed by atoms with E-state index in [1.54, 1.807) is 0 Å². The smallest absolute Gasteiger partial charge is 0.343 e. The van der Waals surface area contributed by atoms with Crippen LogP contribution in [0.1, 0.15) is 27.6 Å². The molecule has 1 amide bonds. The number of carboxylic acid groups (broad SMARTS) is 2. The number of rotatable bonds is 7. The first-order chi connectivity index (χ1) is 15.1. The van der Waals surface area contributed by atoms with Crippen LogP contribution >= 0.6 is 11.8 Å². The Morgan fingerprint density at radius 3 is 2.41 bits per heavy atom. The molecule has 4 N–H and O–H groups in total. The lowest BCUT2D eigenvalue weighted by Gasteiger charge is -2.15. The summed E-state index contributed by atoms with van der Waals surface area (Å²) in [6.07, 6.45) is 0. The van der Waals surface area contributed by atoms with E-state index in [-0.39, 0.29) is 43.8 Å². The van der Waals surface area contributed by atoms with Crippen LogP contribution < -0.4 is 5.32 Å². The van der Waals surface area contributed by atoms with Gasteiger partial charge in [0, 0.05) is 12.7 Å². The van der Waals surface area contributed by atoms with Gasteiger partial charge in [0.1, 0.15) is 28.4 Å². The number of carboxylic acids is 2. The van der Waals surface area contributed by atoms with Crippen LogP contribution in [0.15, 0.2) is 29.2 Å². The number of fused-ring (bicyclic) bond motifs is 2. The van der Waals surface area contributed by atoms with Crippen molar-refractivity contribution in [3.8, 4) is 5.75 Å². The molecule has 11 nitrogen and oxygen atoms in total. The molecule has 0 aliphatic heterocycles. The summed E-state index contributed by atoms with van der Waals surface area (Å²) < 4.78 is 4.75. The Balaban J connectivity index is 2.19. The van der Waals surface area contributed by atoms with E-state index in [0.717, 1.165) is 18.9 Å². The van der Waals surface area contributed by atoms with Gasteiger partial charge in [-0.05, 0) is 18.2 Å². The summed E-state index contributed by atoms with van der Waals surface area (Å²) in [6.45, 7) is 1.17. The minimum Gasteiger partial charge on any atom is -0.506 e. The Hall–Kier alpha value is -3.93. The number of ether oxygens (including phenoxy) is 1. The Morgan fingerprint density at radius 2 is 1.81 bits per heavy atom. The average molecular weight is 459 g/mol. The van der Waals surface area contributed by atoms with Gasteiger partial charge in [0.25, 0.3) is 0 Å². The van der Waals surface area contributed by atoms with Crippen LogP contribution in [0.4, 0.5) is 0 Å². The van der Waals surface area contributed by atoms with Gasteiger partial charge in [0.2, 0.25) is 5.91 Å². The maximum atomic E-state index is 12.4. The van der Waals surface area contributed by atoms with Gasteiger partial charge in [0.15, 0.2) is 0 Å². The highest BCUT2D eigenvalue weighted by molar-refractivity contribution is 7.99. The molecule has 12 heteroatoms. The quantitative estimate of drug-likeness (QED) is 0.229. The van der Waals surface area contributed by atoms with Crippen molar-refractivity contribution in [3.63, 3.8) is 0 Å². The molecule has 0 spiro atoms. The van der Waals surface area contributed by atoms with Crippen molar-refractivity contribution in [2.75, 3.05) is 12.9 Å². The molecule has 3 rings (SSSR count). The Morgan fingerprint density at radius 1 is 1.12 bits per heavy atom. The molecule has 0 saturated carbocycles. The van der Waals surface area contributed by atoms with Crippen LogP contribution in [0.25, 0.3) is 22.1 Å². The fraction of sp³-hybridized carbons (Fsp3) is 0.200. The van der Waals surface area contributed by atoms with E-state index < -0.39 is 35.6 Å². The van der Waals surface area contributed by atoms with Gasteiger partial charge in [-0.15, -0.1) is 11.8 Å². The fourth-order valence-electron chi connectivity index (χ4n) is 2.97. The van der Waals surface area contributed by atoms with Crippen LogP contribution in [0.3, 0.4) is 0 Å². The minimum atomic E-state index is -1.28. The van der Waals surface area contributed by atoms with E-state index in [9.17, 15) is 34.5 Å². The van der Waals surface area contributed by atoms with Gasteiger partial charge >= 0.3 is 17.9 Å². The summed E-state index contributed by atoms with van der Waals surface area (Å²) in [5.41, 5.74) is -0.0429. The van der Waals surface area contributed by atoms with Crippen molar-refractivity contribution in [2.45, 2.75) is 17.9 Å². The summed E-state index contributed by atoms with van der Waals surface area (Å²) in [7, 11) is 1.11. The summed E-state index contributed by atoms with van der Waals surface area (Å²) in [5.74, 6) is -4.62. The highest BCUT2D eigenvalue weighted by Crippen LogP contribution is 2.37. The second-order valence-electron chi connectivity index (χ2n) is 6.56. The number of hydrogen-bond acceptors (Lipinski definition) is 9. The number of benzene rings is 2. The number of phenols is 1. The number of methoxy groups -OCH3 is 1. The SMILES string of the molecule is COC(=O)c1c(O)c(SC[C@H](NC(C)=O)C(=O)O)cc2nc3c(C(=O)O)cccc3nc12. The molecule has 0 aliphatic rings. The number of aliphatic carboxylic acids is 1. The molecular formula is C20H17N3O8S. The number of para-hydroxylation sites is 1. The number of phenolic OH excluding ortho intramolecular Hbond substituents is 1. The van der Waals surface area contributed by atoms with Crippen LogP contribution in [0, 0.1) is 0 Å². The van der Waals surface area contributed by atoms with Crippen LogP contribution in [-0.4, -0.2) is 68.0 Å². The molecule has 1 aromatic heterocycles. The van der Waals surface area contributed by atoms with E-state index in [0.29, 0.717) is 0 Å². The number of aromatic hydroxyl groups is 1. The van der Waals surface area contributed by atoms with Gasteiger partial charge < -0.3 is 25.4 Å². The van der Waals surface area contributed by atoms with Crippen LogP contribution in [0.2, 0.25) is 0 Å². The zero-order valence-corrected chi connectivity index (χ0v) is 17.6. The van der Waals surface area contributed by atoms with Gasteiger partial charge in [-0.2, -0.15) is 0 Å². The molecule has 0 saturated heterocycles. The number of amides is 1. The van der Waals surface area contributed by atoms with Gasteiger partial charge in [-0.3, -0.25) is 4.79 Å². The number of aromatic nitrogens is 2. The number of thioether (sulfide) groups is 1.